The summed E-state index contributed by atoms with van der Waals surface area (Å²) < 4.78 is 6.30. The molecule has 0 fully saturated rings. The van der Waals surface area contributed by atoms with Gasteiger partial charge in [0.05, 0.1) is 7.11 Å². The SMILES string of the molecule is COc1ccccc1CCNC(=O)CCNc1ccccc1Br. The molecule has 0 spiro atoms. The van der Waals surface area contributed by atoms with Crippen LogP contribution >= 0.6 is 15.9 Å². The molecule has 0 heterocycles. The molecule has 2 rings (SSSR count). The Morgan fingerprint density at radius 1 is 1.09 bits per heavy atom. The third-order valence-corrected chi connectivity index (χ3v) is 4.14. The molecule has 1 amide bonds. The molecule has 2 N–H and O–H groups in total. The van der Waals surface area contributed by atoms with Crippen molar-refractivity contribution in [3.05, 3.63) is 58.6 Å². The number of halogens is 1. The first-order valence-corrected chi connectivity index (χ1v) is 8.37. The van der Waals surface area contributed by atoms with Gasteiger partial charge in [0.15, 0.2) is 0 Å². The minimum Gasteiger partial charge on any atom is -0.496 e. The molecule has 5 heteroatoms. The topological polar surface area (TPSA) is 50.4 Å². The third-order valence-electron chi connectivity index (χ3n) is 3.45. The number of anilines is 1. The number of ether oxygens (including phenoxy) is 1. The number of hydrogen-bond donors (Lipinski definition) is 2. The Kier molecular flexibility index (Phi) is 6.94. The zero-order valence-electron chi connectivity index (χ0n) is 13.1. The first kappa shape index (κ1) is 17.3. The van der Waals surface area contributed by atoms with Crippen LogP contribution in [0.4, 0.5) is 5.69 Å². The van der Waals surface area contributed by atoms with E-state index in [4.69, 9.17) is 4.74 Å². The van der Waals surface area contributed by atoms with E-state index < -0.39 is 0 Å². The number of methoxy groups -OCH3 is 1. The third kappa shape index (κ3) is 5.60. The predicted molar refractivity (Wildman–Crippen MR) is 97.0 cm³/mol. The highest BCUT2D eigenvalue weighted by Crippen LogP contribution is 2.21. The smallest absolute Gasteiger partial charge is 0.221 e. The predicted octanol–water partition coefficient (Wildman–Crippen LogP) is 3.62. The summed E-state index contributed by atoms with van der Waals surface area (Å²) >= 11 is 3.47. The number of benzene rings is 2. The van der Waals surface area contributed by atoms with Gasteiger partial charge in [0.1, 0.15) is 5.75 Å². The molecule has 2 aromatic rings. The van der Waals surface area contributed by atoms with E-state index in [0.29, 0.717) is 19.5 Å². The molecule has 0 bridgehead atoms. The summed E-state index contributed by atoms with van der Waals surface area (Å²) in [6.45, 7) is 1.21. The lowest BCUT2D eigenvalue weighted by Crippen LogP contribution is -2.27. The van der Waals surface area contributed by atoms with Gasteiger partial charge in [0.2, 0.25) is 5.91 Å². The van der Waals surface area contributed by atoms with E-state index in [2.05, 4.69) is 26.6 Å². The van der Waals surface area contributed by atoms with Crippen molar-refractivity contribution in [1.29, 1.82) is 0 Å². The molecule has 0 aliphatic rings. The average Bonchev–Trinajstić information content (AvgIpc) is 2.57. The van der Waals surface area contributed by atoms with E-state index in [0.717, 1.165) is 27.9 Å². The second-order valence-electron chi connectivity index (χ2n) is 5.07. The Morgan fingerprint density at radius 3 is 2.61 bits per heavy atom. The number of rotatable bonds is 8. The summed E-state index contributed by atoms with van der Waals surface area (Å²) in [5.74, 6) is 0.900. The van der Waals surface area contributed by atoms with E-state index >= 15 is 0 Å². The van der Waals surface area contributed by atoms with Gasteiger partial charge in [-0.15, -0.1) is 0 Å². The van der Waals surface area contributed by atoms with Crippen molar-refractivity contribution < 1.29 is 9.53 Å². The zero-order chi connectivity index (χ0) is 16.5. The monoisotopic (exact) mass is 376 g/mol. The molecule has 0 aliphatic heterocycles. The molecule has 0 aromatic heterocycles. The molecule has 23 heavy (non-hydrogen) atoms. The molecule has 0 aliphatic carbocycles. The van der Waals surface area contributed by atoms with Crippen molar-refractivity contribution in [1.82, 2.24) is 5.32 Å². The molecule has 0 unspecified atom stereocenters. The summed E-state index contributed by atoms with van der Waals surface area (Å²) in [6.07, 6.45) is 1.20. The van der Waals surface area contributed by atoms with Crippen molar-refractivity contribution >= 4 is 27.5 Å². The summed E-state index contributed by atoms with van der Waals surface area (Å²) in [5, 5.41) is 6.18. The number of hydrogen-bond acceptors (Lipinski definition) is 3. The van der Waals surface area contributed by atoms with Crippen LogP contribution in [0.3, 0.4) is 0 Å². The molecule has 0 saturated carbocycles. The van der Waals surface area contributed by atoms with Crippen LogP contribution in [0.5, 0.6) is 5.75 Å². The number of para-hydroxylation sites is 2. The zero-order valence-corrected chi connectivity index (χ0v) is 14.7. The Balaban J connectivity index is 1.68. The van der Waals surface area contributed by atoms with Gasteiger partial charge in [-0.25, -0.2) is 0 Å². The highest BCUT2D eigenvalue weighted by Gasteiger charge is 2.04. The normalized spacial score (nSPS) is 10.2. The minimum atomic E-state index is 0.0412. The van der Waals surface area contributed by atoms with Gasteiger partial charge < -0.3 is 15.4 Å². The van der Waals surface area contributed by atoms with Crippen molar-refractivity contribution in [3.8, 4) is 5.75 Å². The van der Waals surface area contributed by atoms with Crippen LogP contribution < -0.4 is 15.4 Å². The molecule has 0 saturated heterocycles. The summed E-state index contributed by atoms with van der Waals surface area (Å²) in [5.41, 5.74) is 2.09. The number of amides is 1. The first-order chi connectivity index (χ1) is 11.2. The van der Waals surface area contributed by atoms with Gasteiger partial charge in [-0.2, -0.15) is 0 Å². The van der Waals surface area contributed by atoms with Gasteiger partial charge in [-0.05, 0) is 46.1 Å². The Labute approximate surface area is 145 Å². The lowest BCUT2D eigenvalue weighted by molar-refractivity contribution is -0.120. The van der Waals surface area contributed by atoms with Crippen LogP contribution in [-0.4, -0.2) is 26.1 Å². The van der Waals surface area contributed by atoms with Gasteiger partial charge in [-0.3, -0.25) is 4.79 Å². The number of carbonyl (C=O) groups is 1. The second-order valence-corrected chi connectivity index (χ2v) is 5.92. The van der Waals surface area contributed by atoms with Gasteiger partial charge in [0.25, 0.3) is 0 Å². The van der Waals surface area contributed by atoms with Crippen molar-refractivity contribution in [2.24, 2.45) is 0 Å². The fourth-order valence-electron chi connectivity index (χ4n) is 2.25. The molecule has 4 nitrogen and oxygen atoms in total. The van der Waals surface area contributed by atoms with E-state index in [9.17, 15) is 4.79 Å². The van der Waals surface area contributed by atoms with Crippen molar-refractivity contribution in [2.75, 3.05) is 25.5 Å². The van der Waals surface area contributed by atoms with Gasteiger partial charge >= 0.3 is 0 Å². The van der Waals surface area contributed by atoms with E-state index in [1.807, 2.05) is 48.5 Å². The van der Waals surface area contributed by atoms with Crippen LogP contribution in [0.25, 0.3) is 0 Å². The van der Waals surface area contributed by atoms with E-state index in [-0.39, 0.29) is 5.91 Å². The minimum absolute atomic E-state index is 0.0412. The Bertz CT molecular complexity index is 646. The van der Waals surface area contributed by atoms with Crippen molar-refractivity contribution in [3.63, 3.8) is 0 Å². The largest absolute Gasteiger partial charge is 0.496 e. The molecule has 122 valence electrons. The quantitative estimate of drug-likeness (QED) is 0.739. The summed E-state index contributed by atoms with van der Waals surface area (Å²) in [6, 6.07) is 15.7. The molecule has 0 atom stereocenters. The second kappa shape index (κ2) is 9.20. The highest BCUT2D eigenvalue weighted by atomic mass is 79.9. The van der Waals surface area contributed by atoms with Crippen LogP contribution in [0.1, 0.15) is 12.0 Å². The lowest BCUT2D eigenvalue weighted by Gasteiger charge is -2.10. The molecular formula is C18H21BrN2O2. The van der Waals surface area contributed by atoms with Crippen LogP contribution in [0.2, 0.25) is 0 Å². The van der Waals surface area contributed by atoms with Crippen LogP contribution in [0, 0.1) is 0 Å². The summed E-state index contributed by atoms with van der Waals surface area (Å²) in [4.78, 5) is 11.9. The van der Waals surface area contributed by atoms with Crippen LogP contribution in [0.15, 0.2) is 53.0 Å². The number of carbonyl (C=O) groups excluding carboxylic acids is 1. The van der Waals surface area contributed by atoms with Gasteiger partial charge in [0, 0.05) is 29.7 Å². The van der Waals surface area contributed by atoms with Crippen molar-refractivity contribution in [2.45, 2.75) is 12.8 Å². The molecule has 0 radical (unpaired) electrons. The summed E-state index contributed by atoms with van der Waals surface area (Å²) in [7, 11) is 1.66. The lowest BCUT2D eigenvalue weighted by atomic mass is 10.1. The molecular weight excluding hydrogens is 356 g/mol. The Morgan fingerprint density at radius 2 is 1.83 bits per heavy atom. The standard InChI is InChI=1S/C18H21BrN2O2/c1-23-17-9-5-2-6-14(17)10-12-21-18(22)11-13-20-16-8-4-3-7-15(16)19/h2-9,20H,10-13H2,1H3,(H,21,22). The maximum atomic E-state index is 11.9. The molecule has 2 aromatic carbocycles. The van der Waals surface area contributed by atoms with E-state index in [1.54, 1.807) is 7.11 Å². The Hall–Kier alpha value is -2.01. The van der Waals surface area contributed by atoms with Gasteiger partial charge in [-0.1, -0.05) is 30.3 Å². The average molecular weight is 377 g/mol. The maximum absolute atomic E-state index is 11.9. The van der Waals surface area contributed by atoms with E-state index in [1.165, 1.54) is 0 Å². The maximum Gasteiger partial charge on any atom is 0.221 e. The fourth-order valence-corrected chi connectivity index (χ4v) is 2.67. The number of nitrogens with one attached hydrogen (secondary N) is 2. The first-order valence-electron chi connectivity index (χ1n) is 7.57. The highest BCUT2D eigenvalue weighted by molar-refractivity contribution is 9.10. The fraction of sp³-hybridized carbons (Fsp3) is 0.278. The van der Waals surface area contributed by atoms with Crippen LogP contribution in [-0.2, 0) is 11.2 Å².